The number of nitriles is 1. The smallest absolute Gasteiger partial charge is 0.404 e. The van der Waals surface area contributed by atoms with E-state index in [2.05, 4.69) is 4.74 Å². The molecule has 16 heavy (non-hydrogen) atoms. The van der Waals surface area contributed by atoms with Crippen LogP contribution in [0.25, 0.3) is 0 Å². The SMILES string of the molecule is C[C](C)c1ccc(C#N)c(OC(F)(F)F)c1. The van der Waals surface area contributed by atoms with Crippen LogP contribution in [0, 0.1) is 17.2 Å². The Kier molecular flexibility index (Phi) is 3.43. The van der Waals surface area contributed by atoms with Gasteiger partial charge < -0.3 is 4.74 Å². The van der Waals surface area contributed by atoms with Gasteiger partial charge in [0, 0.05) is 0 Å². The molecule has 1 rings (SSSR count). The first-order chi connectivity index (χ1) is 7.33. The normalized spacial score (nSPS) is 11.3. The largest absolute Gasteiger partial charge is 0.573 e. The molecule has 0 saturated carbocycles. The fourth-order valence-corrected chi connectivity index (χ4v) is 1.13. The summed E-state index contributed by atoms with van der Waals surface area (Å²) < 4.78 is 39.9. The van der Waals surface area contributed by atoms with Crippen LogP contribution < -0.4 is 4.74 Å². The molecular formula is C11H9F3NO. The molecule has 0 heterocycles. The van der Waals surface area contributed by atoms with Crippen LogP contribution in [-0.2, 0) is 0 Å². The Balaban J connectivity index is 3.14. The van der Waals surface area contributed by atoms with E-state index in [0.29, 0.717) is 5.56 Å². The zero-order valence-corrected chi connectivity index (χ0v) is 8.72. The van der Waals surface area contributed by atoms with Crippen LogP contribution in [0.2, 0.25) is 0 Å². The Morgan fingerprint density at radius 2 is 1.94 bits per heavy atom. The predicted molar refractivity (Wildman–Crippen MR) is 51.5 cm³/mol. The molecule has 0 N–H and O–H groups in total. The van der Waals surface area contributed by atoms with Crippen LogP contribution >= 0.6 is 0 Å². The van der Waals surface area contributed by atoms with Crippen molar-refractivity contribution >= 4 is 0 Å². The summed E-state index contributed by atoms with van der Waals surface area (Å²) in [6, 6.07) is 5.75. The van der Waals surface area contributed by atoms with E-state index in [-0.39, 0.29) is 5.56 Å². The van der Waals surface area contributed by atoms with Crippen LogP contribution in [0.4, 0.5) is 13.2 Å². The number of hydrogen-bond acceptors (Lipinski definition) is 2. The number of benzene rings is 1. The van der Waals surface area contributed by atoms with Crippen LogP contribution in [0.3, 0.4) is 0 Å². The van der Waals surface area contributed by atoms with E-state index in [1.807, 2.05) is 0 Å². The molecule has 0 aliphatic carbocycles. The van der Waals surface area contributed by atoms with Gasteiger partial charge in [-0.05, 0) is 23.6 Å². The Labute approximate surface area is 91.3 Å². The average molecular weight is 228 g/mol. The molecule has 1 radical (unpaired) electrons. The highest BCUT2D eigenvalue weighted by Gasteiger charge is 2.32. The van der Waals surface area contributed by atoms with Gasteiger partial charge in [0.2, 0.25) is 0 Å². The number of rotatable bonds is 2. The fourth-order valence-electron chi connectivity index (χ4n) is 1.13. The highest BCUT2D eigenvalue weighted by molar-refractivity contribution is 5.48. The van der Waals surface area contributed by atoms with Gasteiger partial charge in [0.15, 0.2) is 0 Å². The Hall–Kier alpha value is -1.70. The summed E-state index contributed by atoms with van der Waals surface area (Å²) in [5.74, 6) is 0.380. The third kappa shape index (κ3) is 3.16. The molecule has 0 saturated heterocycles. The van der Waals surface area contributed by atoms with Crippen molar-refractivity contribution in [1.82, 2.24) is 0 Å². The minimum atomic E-state index is -4.79. The molecule has 0 amide bonds. The van der Waals surface area contributed by atoms with Gasteiger partial charge in [-0.1, -0.05) is 19.9 Å². The average Bonchev–Trinajstić information content (AvgIpc) is 2.15. The second-order valence-corrected chi connectivity index (χ2v) is 3.37. The second kappa shape index (κ2) is 4.44. The maximum absolute atomic E-state index is 12.1. The van der Waals surface area contributed by atoms with Crippen LogP contribution in [-0.4, -0.2) is 6.36 Å². The summed E-state index contributed by atoms with van der Waals surface area (Å²) >= 11 is 0. The lowest BCUT2D eigenvalue weighted by Crippen LogP contribution is -2.18. The number of halogens is 3. The first kappa shape index (κ1) is 12.4. The monoisotopic (exact) mass is 228 g/mol. The van der Waals surface area contributed by atoms with E-state index in [0.717, 1.165) is 5.92 Å². The van der Waals surface area contributed by atoms with Crippen molar-refractivity contribution in [2.75, 3.05) is 0 Å². The first-order valence-electron chi connectivity index (χ1n) is 4.44. The van der Waals surface area contributed by atoms with E-state index in [1.165, 1.54) is 12.1 Å². The molecule has 5 heteroatoms. The van der Waals surface area contributed by atoms with Crippen LogP contribution in [0.1, 0.15) is 25.0 Å². The third-order valence-corrected chi connectivity index (χ3v) is 1.91. The number of hydrogen-bond donors (Lipinski definition) is 0. The molecule has 0 aliphatic heterocycles. The molecule has 0 unspecified atom stereocenters. The Morgan fingerprint density at radius 1 is 1.31 bits per heavy atom. The molecule has 1 aromatic carbocycles. The third-order valence-electron chi connectivity index (χ3n) is 1.91. The maximum Gasteiger partial charge on any atom is 0.573 e. The summed E-state index contributed by atoms with van der Waals surface area (Å²) in [5, 5.41) is 8.64. The van der Waals surface area contributed by atoms with Gasteiger partial charge in [-0.15, -0.1) is 13.2 Å². The van der Waals surface area contributed by atoms with Crippen molar-refractivity contribution in [2.45, 2.75) is 20.2 Å². The molecule has 0 bridgehead atoms. The Morgan fingerprint density at radius 3 is 2.38 bits per heavy atom. The van der Waals surface area contributed by atoms with Gasteiger partial charge in [-0.3, -0.25) is 0 Å². The topological polar surface area (TPSA) is 33.0 Å². The first-order valence-corrected chi connectivity index (χ1v) is 4.44. The van der Waals surface area contributed by atoms with E-state index < -0.39 is 12.1 Å². The zero-order valence-electron chi connectivity index (χ0n) is 8.72. The zero-order chi connectivity index (χ0) is 12.3. The minimum absolute atomic E-state index is 0.137. The van der Waals surface area contributed by atoms with Crippen LogP contribution in [0.5, 0.6) is 5.75 Å². The predicted octanol–water partition coefficient (Wildman–Crippen LogP) is 3.42. The van der Waals surface area contributed by atoms with Gasteiger partial charge >= 0.3 is 6.36 Å². The van der Waals surface area contributed by atoms with E-state index >= 15 is 0 Å². The van der Waals surface area contributed by atoms with E-state index in [1.54, 1.807) is 26.0 Å². The van der Waals surface area contributed by atoms with Crippen molar-refractivity contribution in [3.8, 4) is 11.8 Å². The molecule has 85 valence electrons. The summed E-state index contributed by atoms with van der Waals surface area (Å²) in [5.41, 5.74) is 0.473. The highest BCUT2D eigenvalue weighted by Crippen LogP contribution is 2.29. The van der Waals surface area contributed by atoms with Crippen molar-refractivity contribution in [1.29, 1.82) is 5.26 Å². The molecule has 1 aromatic rings. The highest BCUT2D eigenvalue weighted by atomic mass is 19.4. The number of alkyl halides is 3. The standard InChI is InChI=1S/C11H9F3NO/c1-7(2)8-3-4-9(6-15)10(5-8)16-11(12,13)14/h3-5H,1-2H3. The molecule has 2 nitrogen and oxygen atoms in total. The lowest BCUT2D eigenvalue weighted by atomic mass is 10.0. The number of ether oxygens (including phenoxy) is 1. The summed E-state index contributed by atoms with van der Waals surface area (Å²) in [6.07, 6.45) is -4.79. The second-order valence-electron chi connectivity index (χ2n) is 3.37. The Bertz CT molecular complexity index is 418. The molecule has 0 fully saturated rings. The summed E-state index contributed by atoms with van der Waals surface area (Å²) in [7, 11) is 0. The van der Waals surface area contributed by atoms with Gasteiger partial charge in [-0.25, -0.2) is 0 Å². The van der Waals surface area contributed by atoms with Crippen molar-refractivity contribution in [3.05, 3.63) is 35.2 Å². The maximum atomic E-state index is 12.1. The lowest BCUT2D eigenvalue weighted by molar-refractivity contribution is -0.274. The molecule has 0 atom stereocenters. The van der Waals surface area contributed by atoms with E-state index in [9.17, 15) is 13.2 Å². The molecule has 0 aliphatic rings. The van der Waals surface area contributed by atoms with Gasteiger partial charge in [0.1, 0.15) is 11.8 Å². The van der Waals surface area contributed by atoms with E-state index in [4.69, 9.17) is 5.26 Å². The lowest BCUT2D eigenvalue weighted by Gasteiger charge is -2.12. The molecular weight excluding hydrogens is 219 g/mol. The summed E-state index contributed by atoms with van der Waals surface area (Å²) in [6.45, 7) is 3.53. The number of nitrogens with zero attached hydrogens (tertiary/aromatic N) is 1. The van der Waals surface area contributed by atoms with Crippen LogP contribution in [0.15, 0.2) is 18.2 Å². The van der Waals surface area contributed by atoms with Crippen molar-refractivity contribution in [2.24, 2.45) is 0 Å². The molecule has 0 spiro atoms. The summed E-state index contributed by atoms with van der Waals surface area (Å²) in [4.78, 5) is 0. The van der Waals surface area contributed by atoms with Gasteiger partial charge in [0.25, 0.3) is 0 Å². The van der Waals surface area contributed by atoms with Gasteiger partial charge in [0.05, 0.1) is 5.56 Å². The van der Waals surface area contributed by atoms with Crippen molar-refractivity contribution in [3.63, 3.8) is 0 Å². The minimum Gasteiger partial charge on any atom is -0.404 e. The fraction of sp³-hybridized carbons (Fsp3) is 0.273. The van der Waals surface area contributed by atoms with Crippen molar-refractivity contribution < 1.29 is 17.9 Å². The molecule has 0 aromatic heterocycles. The van der Waals surface area contributed by atoms with Gasteiger partial charge in [-0.2, -0.15) is 5.26 Å². The quantitative estimate of drug-likeness (QED) is 0.776.